The molecule has 2 unspecified atom stereocenters. The van der Waals surface area contributed by atoms with Crippen LogP contribution in [0.2, 0.25) is 0 Å². The zero-order valence-corrected chi connectivity index (χ0v) is 17.3. The van der Waals surface area contributed by atoms with Gasteiger partial charge in [-0.3, -0.25) is 4.79 Å². The number of carbonyl (C=O) groups is 1. The summed E-state index contributed by atoms with van der Waals surface area (Å²) in [4.78, 5) is 12.6. The van der Waals surface area contributed by atoms with Crippen LogP contribution in [-0.4, -0.2) is 25.7 Å². The van der Waals surface area contributed by atoms with Crippen molar-refractivity contribution in [3.8, 4) is 17.6 Å². The summed E-state index contributed by atoms with van der Waals surface area (Å²) < 4.78 is 11.6. The van der Waals surface area contributed by atoms with Crippen LogP contribution in [0.5, 0.6) is 11.5 Å². The van der Waals surface area contributed by atoms with E-state index in [0.29, 0.717) is 34.1 Å². The zero-order valence-electron chi connectivity index (χ0n) is 15.8. The van der Waals surface area contributed by atoms with Gasteiger partial charge in [-0.15, -0.1) is 0 Å². The normalized spacial score (nSPS) is 19.7. The fraction of sp³-hybridized carbons (Fsp3) is 0.429. The lowest BCUT2D eigenvalue weighted by Crippen LogP contribution is -2.41. The van der Waals surface area contributed by atoms with E-state index in [1.807, 2.05) is 6.07 Å². The second kappa shape index (κ2) is 10.2. The van der Waals surface area contributed by atoms with Crippen LogP contribution in [0, 0.1) is 17.2 Å². The zero-order chi connectivity index (χ0) is 19.8. The first-order chi connectivity index (χ1) is 13.0. The molecule has 2 rings (SSSR count). The van der Waals surface area contributed by atoms with Crippen LogP contribution in [0.1, 0.15) is 38.2 Å². The highest BCUT2D eigenvalue weighted by Gasteiger charge is 2.24. The number of amides is 1. The third-order valence-corrected chi connectivity index (χ3v) is 5.29. The molecule has 0 heterocycles. The minimum atomic E-state index is -0.335. The first-order valence-corrected chi connectivity index (χ1v) is 9.83. The molecule has 0 radical (unpaired) electrons. The standard InChI is InChI=1S/C21H25BrN2O3/c1-4-9-27-20-17(22)11-15(12-19(20)26-3)10-16(13-23)21(25)24-18-8-6-5-7-14(18)2/h4,10-12,14,18H,1,5-9H2,2-3H3,(H,24,25)/b16-10+. The van der Waals surface area contributed by atoms with Gasteiger partial charge in [-0.05, 0) is 58.5 Å². The smallest absolute Gasteiger partial charge is 0.262 e. The maximum absolute atomic E-state index is 12.6. The van der Waals surface area contributed by atoms with E-state index in [9.17, 15) is 10.1 Å². The molecule has 1 aliphatic carbocycles. The van der Waals surface area contributed by atoms with Crippen LogP contribution in [0.3, 0.4) is 0 Å². The van der Waals surface area contributed by atoms with Gasteiger partial charge in [-0.2, -0.15) is 5.26 Å². The van der Waals surface area contributed by atoms with E-state index in [1.54, 1.807) is 31.4 Å². The lowest BCUT2D eigenvalue weighted by Gasteiger charge is -2.29. The molecular formula is C21H25BrN2O3. The maximum atomic E-state index is 12.6. The van der Waals surface area contributed by atoms with Crippen molar-refractivity contribution in [3.63, 3.8) is 0 Å². The van der Waals surface area contributed by atoms with E-state index in [2.05, 4.69) is 34.7 Å². The van der Waals surface area contributed by atoms with Gasteiger partial charge in [-0.1, -0.05) is 32.4 Å². The summed E-state index contributed by atoms with van der Waals surface area (Å²) in [6, 6.07) is 5.65. The Balaban J connectivity index is 2.23. The van der Waals surface area contributed by atoms with E-state index < -0.39 is 0 Å². The van der Waals surface area contributed by atoms with Crippen molar-refractivity contribution in [2.75, 3.05) is 13.7 Å². The topological polar surface area (TPSA) is 71.3 Å². The molecule has 0 spiro atoms. The molecule has 27 heavy (non-hydrogen) atoms. The molecule has 1 aliphatic rings. The van der Waals surface area contributed by atoms with Gasteiger partial charge in [0.15, 0.2) is 11.5 Å². The summed E-state index contributed by atoms with van der Waals surface area (Å²) >= 11 is 3.45. The van der Waals surface area contributed by atoms with Crippen molar-refractivity contribution in [2.45, 2.75) is 38.6 Å². The molecular weight excluding hydrogens is 408 g/mol. The van der Waals surface area contributed by atoms with E-state index in [4.69, 9.17) is 9.47 Å². The molecule has 1 N–H and O–H groups in total. The second-order valence-electron chi connectivity index (χ2n) is 6.65. The van der Waals surface area contributed by atoms with Crippen LogP contribution >= 0.6 is 15.9 Å². The Kier molecular flexibility index (Phi) is 7.93. The van der Waals surface area contributed by atoms with Crippen LogP contribution in [0.4, 0.5) is 0 Å². The summed E-state index contributed by atoms with van der Waals surface area (Å²) in [5.74, 6) is 1.15. The number of nitrogens with zero attached hydrogens (tertiary/aromatic N) is 1. The Morgan fingerprint density at radius 2 is 2.19 bits per heavy atom. The Bertz CT molecular complexity index is 767. The van der Waals surface area contributed by atoms with Crippen molar-refractivity contribution in [3.05, 3.63) is 40.4 Å². The van der Waals surface area contributed by atoms with Gasteiger partial charge in [0.2, 0.25) is 0 Å². The van der Waals surface area contributed by atoms with Gasteiger partial charge in [0.1, 0.15) is 18.2 Å². The highest BCUT2D eigenvalue weighted by atomic mass is 79.9. The molecule has 1 aromatic rings. The maximum Gasteiger partial charge on any atom is 0.262 e. The van der Waals surface area contributed by atoms with Gasteiger partial charge in [0.25, 0.3) is 5.91 Å². The van der Waals surface area contributed by atoms with Crippen LogP contribution in [0.15, 0.2) is 34.8 Å². The number of hydrogen-bond donors (Lipinski definition) is 1. The van der Waals surface area contributed by atoms with Gasteiger partial charge < -0.3 is 14.8 Å². The number of halogens is 1. The molecule has 1 fully saturated rings. The monoisotopic (exact) mass is 432 g/mol. The van der Waals surface area contributed by atoms with Crippen LogP contribution in [-0.2, 0) is 4.79 Å². The number of nitrogens with one attached hydrogen (secondary N) is 1. The third kappa shape index (κ3) is 5.61. The van der Waals surface area contributed by atoms with Gasteiger partial charge >= 0.3 is 0 Å². The van der Waals surface area contributed by atoms with E-state index >= 15 is 0 Å². The summed E-state index contributed by atoms with van der Waals surface area (Å²) in [7, 11) is 1.54. The SMILES string of the molecule is C=CCOc1c(Br)cc(/C=C(\C#N)C(=O)NC2CCCCC2C)cc1OC. The van der Waals surface area contributed by atoms with E-state index in [-0.39, 0.29) is 17.5 Å². The van der Waals surface area contributed by atoms with Crippen molar-refractivity contribution in [1.29, 1.82) is 5.26 Å². The van der Waals surface area contributed by atoms with Gasteiger partial charge in [0.05, 0.1) is 11.6 Å². The molecule has 144 valence electrons. The number of benzene rings is 1. The van der Waals surface area contributed by atoms with Gasteiger partial charge in [-0.25, -0.2) is 0 Å². The molecule has 1 aromatic carbocycles. The lowest BCUT2D eigenvalue weighted by molar-refractivity contribution is -0.118. The predicted molar refractivity (Wildman–Crippen MR) is 110 cm³/mol. The van der Waals surface area contributed by atoms with Crippen LogP contribution < -0.4 is 14.8 Å². The number of rotatable bonds is 7. The average molecular weight is 433 g/mol. The highest BCUT2D eigenvalue weighted by molar-refractivity contribution is 9.10. The molecule has 1 amide bonds. The fourth-order valence-electron chi connectivity index (χ4n) is 3.20. The number of carbonyl (C=O) groups excluding carboxylic acids is 1. The fourth-order valence-corrected chi connectivity index (χ4v) is 3.77. The Morgan fingerprint density at radius 3 is 2.81 bits per heavy atom. The molecule has 2 atom stereocenters. The molecule has 5 nitrogen and oxygen atoms in total. The Hall–Kier alpha value is -2.26. The summed E-state index contributed by atoms with van der Waals surface area (Å²) in [5.41, 5.74) is 0.745. The first-order valence-electron chi connectivity index (χ1n) is 9.04. The average Bonchev–Trinajstić information content (AvgIpc) is 2.66. The van der Waals surface area contributed by atoms with Gasteiger partial charge in [0, 0.05) is 6.04 Å². The number of hydrogen-bond acceptors (Lipinski definition) is 4. The van der Waals surface area contributed by atoms with Crippen molar-refractivity contribution >= 4 is 27.9 Å². The second-order valence-corrected chi connectivity index (χ2v) is 7.50. The number of methoxy groups -OCH3 is 1. The summed E-state index contributed by atoms with van der Waals surface area (Å²) in [6.45, 7) is 6.12. The molecule has 0 saturated heterocycles. The van der Waals surface area contributed by atoms with Crippen molar-refractivity contribution < 1.29 is 14.3 Å². The van der Waals surface area contributed by atoms with E-state index in [0.717, 1.165) is 19.3 Å². The minimum Gasteiger partial charge on any atom is -0.493 e. The van der Waals surface area contributed by atoms with Crippen molar-refractivity contribution in [1.82, 2.24) is 5.32 Å². The Labute approximate surface area is 169 Å². The van der Waals surface area contributed by atoms with E-state index in [1.165, 1.54) is 6.42 Å². The van der Waals surface area contributed by atoms with Crippen LogP contribution in [0.25, 0.3) is 6.08 Å². The highest BCUT2D eigenvalue weighted by Crippen LogP contribution is 2.37. The summed E-state index contributed by atoms with van der Waals surface area (Å²) in [5, 5.41) is 12.5. The Morgan fingerprint density at radius 1 is 1.44 bits per heavy atom. The lowest BCUT2D eigenvalue weighted by atomic mass is 9.86. The predicted octanol–water partition coefficient (Wildman–Crippen LogP) is 4.62. The number of nitriles is 1. The molecule has 6 heteroatoms. The third-order valence-electron chi connectivity index (χ3n) is 4.70. The first kappa shape index (κ1) is 21.0. The molecule has 0 bridgehead atoms. The molecule has 0 aromatic heterocycles. The molecule has 0 aliphatic heterocycles. The number of ether oxygens (including phenoxy) is 2. The summed E-state index contributed by atoms with van der Waals surface area (Å²) in [6.07, 6.45) is 7.57. The quantitative estimate of drug-likeness (QED) is 0.387. The minimum absolute atomic E-state index is 0.0708. The molecule has 1 saturated carbocycles. The largest absolute Gasteiger partial charge is 0.493 e. The van der Waals surface area contributed by atoms with Crippen molar-refractivity contribution in [2.24, 2.45) is 5.92 Å².